The van der Waals surface area contributed by atoms with Crippen molar-refractivity contribution in [3.05, 3.63) is 149 Å². The van der Waals surface area contributed by atoms with Crippen LogP contribution in [-0.4, -0.2) is 121 Å². The molecule has 0 saturated carbocycles. The van der Waals surface area contributed by atoms with Crippen molar-refractivity contribution in [1.82, 2.24) is 44.5 Å². The molecule has 2 saturated heterocycles. The normalized spacial score (nSPS) is 15.6. The Kier molecular flexibility index (Phi) is 14.0. The number of thioether (sulfide) groups is 1. The summed E-state index contributed by atoms with van der Waals surface area (Å²) in [4.78, 5) is 77.8. The molecule has 0 spiro atoms. The number of nitrogens with zero attached hydrogens (tertiary/aromatic N) is 8. The molecule has 6 heterocycles. The molecule has 2 N–H and O–H groups in total. The van der Waals surface area contributed by atoms with Gasteiger partial charge in [0.05, 0.1) is 35.4 Å². The number of carbonyl (C=O) groups excluding carboxylic acids is 3. The number of β-amino-alcohol motifs (C(OH)–C–C–N with tert-alkyl or cyclic N) is 1. The summed E-state index contributed by atoms with van der Waals surface area (Å²) in [6.45, 7) is 5.48. The molecule has 71 heavy (non-hydrogen) atoms. The number of likely N-dealkylation sites (tertiary alicyclic amines) is 1. The molecule has 3 amide bonds. The molecule has 2 atom stereocenters. The maximum absolute atomic E-state index is 14.2. The van der Waals surface area contributed by atoms with Crippen LogP contribution in [0.4, 0.5) is 0 Å². The zero-order chi connectivity index (χ0) is 48.8. The lowest BCUT2D eigenvalue weighted by Gasteiger charge is -2.34. The Morgan fingerprint density at radius 1 is 0.831 bits per heavy atom. The van der Waals surface area contributed by atoms with Crippen LogP contribution >= 0.6 is 11.8 Å². The summed E-state index contributed by atoms with van der Waals surface area (Å²) in [7, 11) is 0. The van der Waals surface area contributed by atoms with Crippen LogP contribution < -0.4 is 20.3 Å². The second-order valence-corrected chi connectivity index (χ2v) is 18.6. The van der Waals surface area contributed by atoms with Crippen LogP contribution in [0.5, 0.6) is 11.5 Å². The van der Waals surface area contributed by atoms with Crippen molar-refractivity contribution in [2.75, 3.05) is 52.4 Å². The lowest BCUT2D eigenvalue weighted by molar-refractivity contribution is -0.135. The number of aliphatic hydroxyl groups excluding tert-OH is 1. The maximum Gasteiger partial charge on any atom is 0.262 e. The molecular weight excluding hydrogens is 923 g/mol. The highest BCUT2D eigenvalue weighted by Crippen LogP contribution is 2.38. The lowest BCUT2D eigenvalue weighted by Crippen LogP contribution is -2.52. The monoisotopic (exact) mass is 973 g/mol. The molecule has 8 aromatic rings. The summed E-state index contributed by atoms with van der Waals surface area (Å²) in [5.41, 5.74) is 4.57. The number of benzene rings is 4. The molecule has 4 aromatic carbocycles. The van der Waals surface area contributed by atoms with Crippen molar-refractivity contribution < 1.29 is 33.4 Å². The highest BCUT2D eigenvalue weighted by molar-refractivity contribution is 8.00. The van der Waals surface area contributed by atoms with E-state index in [9.17, 15) is 24.3 Å². The average molecular weight is 974 g/mol. The number of rotatable bonds is 16. The Balaban J connectivity index is 0.683. The van der Waals surface area contributed by atoms with Crippen LogP contribution in [0.1, 0.15) is 35.4 Å². The Morgan fingerprint density at radius 2 is 1.62 bits per heavy atom. The van der Waals surface area contributed by atoms with Gasteiger partial charge < -0.3 is 34.1 Å². The largest absolute Gasteiger partial charge is 0.487 e. The van der Waals surface area contributed by atoms with E-state index in [0.717, 1.165) is 21.9 Å². The summed E-state index contributed by atoms with van der Waals surface area (Å²) in [5, 5.41) is 15.4. The third-order valence-electron chi connectivity index (χ3n) is 12.7. The van der Waals surface area contributed by atoms with Gasteiger partial charge in [-0.2, -0.15) is 0 Å². The molecule has 2 aliphatic rings. The quantitative estimate of drug-likeness (QED) is 0.0648. The molecule has 0 aliphatic carbocycles. The molecule has 4 aromatic heterocycles. The van der Waals surface area contributed by atoms with Crippen molar-refractivity contribution >= 4 is 62.3 Å². The Labute approximate surface area is 412 Å². The number of amides is 3. The van der Waals surface area contributed by atoms with Crippen LogP contribution in [0.3, 0.4) is 0 Å². The van der Waals surface area contributed by atoms with E-state index in [1.165, 1.54) is 11.8 Å². The molecule has 0 radical (unpaired) electrons. The van der Waals surface area contributed by atoms with Crippen molar-refractivity contribution in [2.24, 2.45) is 0 Å². The number of oxazole rings is 1. The van der Waals surface area contributed by atoms with E-state index in [-0.39, 0.29) is 56.1 Å². The highest BCUT2D eigenvalue weighted by Gasteiger charge is 2.33. The predicted molar refractivity (Wildman–Crippen MR) is 268 cm³/mol. The van der Waals surface area contributed by atoms with E-state index >= 15 is 0 Å². The molecule has 362 valence electrons. The number of pyridine rings is 2. The van der Waals surface area contributed by atoms with Gasteiger partial charge in [0.25, 0.3) is 11.5 Å². The van der Waals surface area contributed by atoms with Gasteiger partial charge in [-0.3, -0.25) is 38.6 Å². The summed E-state index contributed by atoms with van der Waals surface area (Å²) < 4.78 is 19.2. The molecule has 2 aliphatic heterocycles. The van der Waals surface area contributed by atoms with Crippen molar-refractivity contribution in [1.29, 1.82) is 0 Å². The smallest absolute Gasteiger partial charge is 0.262 e. The fourth-order valence-corrected chi connectivity index (χ4v) is 9.97. The van der Waals surface area contributed by atoms with E-state index in [0.29, 0.717) is 102 Å². The minimum absolute atomic E-state index is 0.137. The van der Waals surface area contributed by atoms with Crippen molar-refractivity contribution in [3.63, 3.8) is 0 Å². The van der Waals surface area contributed by atoms with Crippen LogP contribution in [0.2, 0.25) is 0 Å². The van der Waals surface area contributed by atoms with Gasteiger partial charge in [-0.1, -0.05) is 66.4 Å². The first-order valence-corrected chi connectivity index (χ1v) is 24.5. The van der Waals surface area contributed by atoms with Gasteiger partial charge in [0.2, 0.25) is 17.7 Å². The van der Waals surface area contributed by atoms with Crippen LogP contribution in [0.25, 0.3) is 44.4 Å². The van der Waals surface area contributed by atoms with Crippen molar-refractivity contribution in [2.45, 2.75) is 49.6 Å². The van der Waals surface area contributed by atoms with E-state index in [2.05, 4.69) is 20.3 Å². The number of carbonyl (C=O) groups is 3. The van der Waals surface area contributed by atoms with Crippen LogP contribution in [0, 0.1) is 0 Å². The number of piperazine rings is 1. The number of ether oxygens (including phenoxy) is 2. The van der Waals surface area contributed by atoms with E-state index < -0.39 is 11.4 Å². The van der Waals surface area contributed by atoms with Crippen LogP contribution in [0.15, 0.2) is 136 Å². The van der Waals surface area contributed by atoms with Gasteiger partial charge in [-0.25, -0.2) is 9.97 Å². The highest BCUT2D eigenvalue weighted by atomic mass is 32.2. The number of fused-ring (bicyclic) bond motifs is 3. The molecule has 18 heteroatoms. The SMILES string of the molecule is CCn1c(SC(C(=O)N2CC[C@H](O)C2)c2ccc(CNC(=O)CN3CCN(C(=O)COc4ccc(COc5ccc6oc(-c7ccccn7)nc6c5)nc4)CC3)cc2)nc2cc3ccccc3cc2c1=O. The first-order chi connectivity index (χ1) is 34.6. The second kappa shape index (κ2) is 21.1. The fraction of sp³-hybridized carbons (Fsp3) is 0.283. The molecule has 2 fully saturated rings. The lowest BCUT2D eigenvalue weighted by atomic mass is 10.1. The third kappa shape index (κ3) is 10.9. The number of hydrogen-bond donors (Lipinski definition) is 2. The standard InChI is InChI=1S/C53H51N9O8S/c1-2-62-51(66)42-25-36-7-3-4-8-37(36)26-44(42)58-53(62)71-49(52(67)61-20-18-39(63)30-61)35-12-10-34(11-13-35)28-56-47(64)31-59-21-23-60(24-22-59)48(65)33-69-41-15-14-38(55-29-41)32-68-40-16-17-46-45(27-40)57-50(70-46)43-9-5-6-19-54-43/h3-17,19,25-27,29,39,49,63H,2,18,20-24,28,30-33H2,1H3,(H,56,64)/t39-,49?/m0/s1. The Morgan fingerprint density at radius 3 is 2.35 bits per heavy atom. The summed E-state index contributed by atoms with van der Waals surface area (Å²) in [6.07, 6.45) is 3.16. The second-order valence-electron chi connectivity index (χ2n) is 17.5. The summed E-state index contributed by atoms with van der Waals surface area (Å²) in [5.74, 6) is 1.05. The number of nitrogens with one attached hydrogen (secondary N) is 1. The molecular formula is C53H51N9O8S. The zero-order valence-corrected chi connectivity index (χ0v) is 39.8. The van der Waals surface area contributed by atoms with Gasteiger partial charge in [-0.05, 0) is 83.8 Å². The maximum atomic E-state index is 14.2. The first kappa shape index (κ1) is 47.0. The van der Waals surface area contributed by atoms with E-state index in [1.807, 2.05) is 96.8 Å². The Bertz CT molecular complexity index is 3270. The number of hydrogen-bond acceptors (Lipinski definition) is 14. The van der Waals surface area contributed by atoms with Crippen LogP contribution in [-0.2, 0) is 34.1 Å². The minimum atomic E-state index is -0.734. The van der Waals surface area contributed by atoms with Gasteiger partial charge in [-0.15, -0.1) is 0 Å². The summed E-state index contributed by atoms with van der Waals surface area (Å²) in [6, 6.07) is 33.6. The summed E-state index contributed by atoms with van der Waals surface area (Å²) >= 11 is 1.23. The predicted octanol–water partition coefficient (Wildman–Crippen LogP) is 6.01. The van der Waals surface area contributed by atoms with E-state index in [1.54, 1.807) is 51.0 Å². The number of aromatic nitrogens is 5. The van der Waals surface area contributed by atoms with Gasteiger partial charge in [0.15, 0.2) is 17.3 Å². The molecule has 0 bridgehead atoms. The third-order valence-corrected chi connectivity index (χ3v) is 13.9. The minimum Gasteiger partial charge on any atom is -0.487 e. The fourth-order valence-electron chi connectivity index (χ4n) is 8.73. The number of aliphatic hydroxyl groups is 1. The zero-order valence-electron chi connectivity index (χ0n) is 39.0. The first-order valence-electron chi connectivity index (χ1n) is 23.6. The topological polar surface area (TPSA) is 198 Å². The van der Waals surface area contributed by atoms with Gasteiger partial charge in [0, 0.05) is 64.6 Å². The Hall–Kier alpha value is -7.67. The van der Waals surface area contributed by atoms with Crippen molar-refractivity contribution in [3.8, 4) is 23.1 Å². The van der Waals surface area contributed by atoms with E-state index in [4.69, 9.17) is 18.9 Å². The molecule has 1 unspecified atom stereocenters. The molecule has 10 rings (SSSR count). The van der Waals surface area contributed by atoms with Gasteiger partial charge >= 0.3 is 0 Å². The molecule has 17 nitrogen and oxygen atoms in total. The van der Waals surface area contributed by atoms with Gasteiger partial charge in [0.1, 0.15) is 34.6 Å². The average Bonchev–Trinajstić information content (AvgIpc) is 4.05.